The molecule has 0 aliphatic carbocycles. The predicted molar refractivity (Wildman–Crippen MR) is 67.1 cm³/mol. The standard InChI is InChI=1S/C11H12O4S2/c12-11(15-9-4-2-1-3-5-9)16-10-6-7-17(13,14)8-10/h1-5,10H,6-8H2/t10-/m0/s1. The lowest BCUT2D eigenvalue weighted by molar-refractivity contribution is 0.227. The Morgan fingerprint density at radius 3 is 2.59 bits per heavy atom. The molecule has 0 N–H and O–H groups in total. The van der Waals surface area contributed by atoms with Crippen molar-refractivity contribution >= 4 is 26.9 Å². The molecule has 1 fully saturated rings. The lowest BCUT2D eigenvalue weighted by Gasteiger charge is -2.06. The number of carbonyl (C=O) groups is 1. The van der Waals surface area contributed by atoms with Crippen LogP contribution in [0.3, 0.4) is 0 Å². The van der Waals surface area contributed by atoms with Crippen molar-refractivity contribution in [1.29, 1.82) is 0 Å². The van der Waals surface area contributed by atoms with E-state index in [0.29, 0.717) is 12.2 Å². The molecular formula is C11H12O4S2. The number of sulfone groups is 1. The average molecular weight is 272 g/mol. The van der Waals surface area contributed by atoms with Crippen molar-refractivity contribution in [1.82, 2.24) is 0 Å². The van der Waals surface area contributed by atoms with E-state index < -0.39 is 15.1 Å². The monoisotopic (exact) mass is 272 g/mol. The van der Waals surface area contributed by atoms with Gasteiger partial charge in [0.15, 0.2) is 9.84 Å². The van der Waals surface area contributed by atoms with Crippen LogP contribution in [0, 0.1) is 0 Å². The summed E-state index contributed by atoms with van der Waals surface area (Å²) in [7, 11) is -2.94. The summed E-state index contributed by atoms with van der Waals surface area (Å²) in [6.07, 6.45) is 0.525. The number of rotatable bonds is 2. The molecule has 1 saturated heterocycles. The Morgan fingerprint density at radius 1 is 1.29 bits per heavy atom. The predicted octanol–water partition coefficient (Wildman–Crippen LogP) is 2.11. The van der Waals surface area contributed by atoms with Gasteiger partial charge >= 0.3 is 5.30 Å². The number of benzene rings is 1. The van der Waals surface area contributed by atoms with Gasteiger partial charge in [0.2, 0.25) is 0 Å². The molecule has 0 saturated carbocycles. The summed E-state index contributed by atoms with van der Waals surface area (Å²) in [4.78, 5) is 11.5. The largest absolute Gasteiger partial charge is 0.418 e. The van der Waals surface area contributed by atoms with Crippen molar-refractivity contribution in [2.24, 2.45) is 0 Å². The second-order valence-corrected chi connectivity index (χ2v) is 7.27. The third-order valence-electron chi connectivity index (χ3n) is 2.40. The van der Waals surface area contributed by atoms with Crippen LogP contribution < -0.4 is 4.74 Å². The zero-order valence-electron chi connectivity index (χ0n) is 9.03. The van der Waals surface area contributed by atoms with Gasteiger partial charge in [0.05, 0.1) is 11.5 Å². The van der Waals surface area contributed by atoms with E-state index >= 15 is 0 Å². The lowest BCUT2D eigenvalue weighted by Crippen LogP contribution is -2.11. The molecule has 1 aromatic carbocycles. The molecule has 0 radical (unpaired) electrons. The van der Waals surface area contributed by atoms with Crippen LogP contribution in [0.15, 0.2) is 30.3 Å². The van der Waals surface area contributed by atoms with Crippen molar-refractivity contribution in [2.75, 3.05) is 11.5 Å². The van der Waals surface area contributed by atoms with Gasteiger partial charge in [-0.1, -0.05) is 18.2 Å². The van der Waals surface area contributed by atoms with Crippen molar-refractivity contribution in [2.45, 2.75) is 11.7 Å². The van der Waals surface area contributed by atoms with Gasteiger partial charge in [-0.3, -0.25) is 0 Å². The first-order valence-corrected chi connectivity index (χ1v) is 7.89. The normalized spacial score (nSPS) is 22.2. The van der Waals surface area contributed by atoms with Crippen LogP contribution in [-0.4, -0.2) is 30.5 Å². The van der Waals surface area contributed by atoms with Crippen LogP contribution in [0.25, 0.3) is 0 Å². The molecule has 0 spiro atoms. The molecular weight excluding hydrogens is 260 g/mol. The highest BCUT2D eigenvalue weighted by atomic mass is 32.2. The minimum atomic E-state index is -2.94. The second-order valence-electron chi connectivity index (χ2n) is 3.81. The average Bonchev–Trinajstić information content (AvgIpc) is 2.59. The van der Waals surface area contributed by atoms with Crippen LogP contribution >= 0.6 is 11.8 Å². The summed E-state index contributed by atoms with van der Waals surface area (Å²) in [5.41, 5.74) is 0. The zero-order valence-corrected chi connectivity index (χ0v) is 10.7. The molecule has 1 atom stereocenters. The van der Waals surface area contributed by atoms with Gasteiger partial charge < -0.3 is 4.74 Å². The van der Waals surface area contributed by atoms with E-state index in [4.69, 9.17) is 4.74 Å². The molecule has 6 heteroatoms. The Bertz CT molecular complexity index is 495. The SMILES string of the molecule is O=C(Oc1ccccc1)S[C@H]1CCS(=O)(=O)C1. The fourth-order valence-electron chi connectivity index (χ4n) is 1.60. The van der Waals surface area contributed by atoms with Crippen LogP contribution in [0.5, 0.6) is 5.75 Å². The van der Waals surface area contributed by atoms with E-state index in [1.807, 2.05) is 6.07 Å². The number of thioether (sulfide) groups is 1. The first-order chi connectivity index (χ1) is 8.05. The van der Waals surface area contributed by atoms with Gasteiger partial charge in [-0.25, -0.2) is 13.2 Å². The van der Waals surface area contributed by atoms with Crippen LogP contribution in [0.4, 0.5) is 4.79 Å². The minimum Gasteiger partial charge on any atom is -0.418 e. The molecule has 1 aromatic rings. The lowest BCUT2D eigenvalue weighted by atomic mass is 10.3. The Balaban J connectivity index is 1.87. The molecule has 1 heterocycles. The van der Waals surface area contributed by atoms with Gasteiger partial charge in [0.25, 0.3) is 0 Å². The van der Waals surface area contributed by atoms with Crippen LogP contribution in [0.1, 0.15) is 6.42 Å². The summed E-state index contributed by atoms with van der Waals surface area (Å²) >= 11 is 0.964. The van der Waals surface area contributed by atoms with Crippen molar-refractivity contribution in [3.63, 3.8) is 0 Å². The Hall–Kier alpha value is -1.01. The molecule has 17 heavy (non-hydrogen) atoms. The minimum absolute atomic E-state index is 0.0710. The molecule has 0 amide bonds. The summed E-state index contributed by atoms with van der Waals surface area (Å²) in [6, 6.07) is 8.74. The molecule has 92 valence electrons. The van der Waals surface area contributed by atoms with E-state index in [2.05, 4.69) is 0 Å². The van der Waals surface area contributed by atoms with Crippen molar-refractivity contribution in [3.05, 3.63) is 30.3 Å². The maximum Gasteiger partial charge on any atom is 0.373 e. The smallest absolute Gasteiger partial charge is 0.373 e. The summed E-state index contributed by atoms with van der Waals surface area (Å²) in [5.74, 6) is 0.719. The molecule has 1 aliphatic rings. The number of para-hydroxylation sites is 1. The maximum atomic E-state index is 11.5. The molecule has 4 nitrogen and oxygen atoms in total. The molecule has 0 unspecified atom stereocenters. The zero-order chi connectivity index (χ0) is 12.3. The Kier molecular flexibility index (Phi) is 3.73. The van der Waals surface area contributed by atoms with Gasteiger partial charge in [-0.2, -0.15) is 0 Å². The maximum absolute atomic E-state index is 11.5. The second kappa shape index (κ2) is 5.10. The fraction of sp³-hybridized carbons (Fsp3) is 0.364. The van der Waals surface area contributed by atoms with Crippen molar-refractivity contribution < 1.29 is 17.9 Å². The van der Waals surface area contributed by atoms with E-state index in [-0.39, 0.29) is 16.8 Å². The van der Waals surface area contributed by atoms with Gasteiger partial charge in [0, 0.05) is 5.25 Å². The van der Waals surface area contributed by atoms with E-state index in [0.717, 1.165) is 11.8 Å². The Labute approximate surface area is 104 Å². The fourth-order valence-corrected chi connectivity index (χ4v) is 4.84. The highest BCUT2D eigenvalue weighted by molar-refractivity contribution is 8.14. The first-order valence-electron chi connectivity index (χ1n) is 5.19. The van der Waals surface area contributed by atoms with E-state index in [1.54, 1.807) is 24.3 Å². The summed E-state index contributed by atoms with van der Waals surface area (Å²) in [5, 5.41) is -0.616. The van der Waals surface area contributed by atoms with Gasteiger partial charge in [-0.15, -0.1) is 0 Å². The van der Waals surface area contributed by atoms with Crippen LogP contribution in [-0.2, 0) is 9.84 Å². The third-order valence-corrected chi connectivity index (χ3v) is 5.39. The number of ether oxygens (including phenoxy) is 1. The number of hydrogen-bond donors (Lipinski definition) is 0. The quantitative estimate of drug-likeness (QED) is 0.772. The summed E-state index contributed by atoms with van der Waals surface area (Å²) in [6.45, 7) is 0. The highest BCUT2D eigenvalue weighted by Crippen LogP contribution is 2.26. The highest BCUT2D eigenvalue weighted by Gasteiger charge is 2.30. The van der Waals surface area contributed by atoms with Crippen molar-refractivity contribution in [3.8, 4) is 5.75 Å². The molecule has 1 aliphatic heterocycles. The summed E-state index contributed by atoms with van der Waals surface area (Å²) < 4.78 is 27.5. The molecule has 0 aromatic heterocycles. The molecule has 0 bridgehead atoms. The van der Waals surface area contributed by atoms with E-state index in [1.165, 1.54) is 0 Å². The van der Waals surface area contributed by atoms with Gasteiger partial charge in [0.1, 0.15) is 5.75 Å². The van der Waals surface area contributed by atoms with Crippen LogP contribution in [0.2, 0.25) is 0 Å². The first kappa shape index (κ1) is 12.4. The number of hydrogen-bond acceptors (Lipinski definition) is 5. The van der Waals surface area contributed by atoms with Gasteiger partial charge in [-0.05, 0) is 30.3 Å². The Morgan fingerprint density at radius 2 is 2.00 bits per heavy atom. The third kappa shape index (κ3) is 3.74. The van der Waals surface area contributed by atoms with E-state index in [9.17, 15) is 13.2 Å². The molecule has 2 rings (SSSR count). The number of carbonyl (C=O) groups excluding carboxylic acids is 1. The topological polar surface area (TPSA) is 60.4 Å².